The molecular weight excluding hydrogens is 526 g/mol. The number of amides is 1. The van der Waals surface area contributed by atoms with Gasteiger partial charge in [-0.2, -0.15) is 4.31 Å². The van der Waals surface area contributed by atoms with E-state index in [0.717, 1.165) is 24.0 Å². The number of nitrogens with one attached hydrogen (secondary N) is 2. The number of ether oxygens (including phenoxy) is 1. The second-order valence-corrected chi connectivity index (χ2v) is 12.9. The lowest BCUT2D eigenvalue weighted by Crippen LogP contribution is -2.28. The predicted octanol–water partition coefficient (Wildman–Crippen LogP) is 4.46. The normalized spacial score (nSPS) is 14.3. The molecule has 0 spiro atoms. The van der Waals surface area contributed by atoms with Gasteiger partial charge in [-0.15, -0.1) is 0 Å². The largest absolute Gasteiger partial charge is 0.495 e. The quantitative estimate of drug-likeness (QED) is 0.422. The van der Waals surface area contributed by atoms with Gasteiger partial charge in [-0.1, -0.05) is 23.8 Å². The van der Waals surface area contributed by atoms with Crippen molar-refractivity contribution in [3.05, 3.63) is 76.9 Å². The molecule has 1 amide bonds. The SMILES string of the molecule is COc1ccc(S(=O)(=O)N2CCCC2)cc1NC(=O)c1ccc(C)c(S(=O)(=O)Nc2ccc(C)cc2C)c1. The summed E-state index contributed by atoms with van der Waals surface area (Å²) in [5.74, 6) is -0.336. The van der Waals surface area contributed by atoms with Crippen molar-refractivity contribution in [2.45, 2.75) is 43.4 Å². The molecule has 0 unspecified atom stereocenters. The molecule has 1 aliphatic heterocycles. The molecule has 3 aromatic rings. The Balaban J connectivity index is 1.63. The van der Waals surface area contributed by atoms with Gasteiger partial charge in [0.2, 0.25) is 10.0 Å². The van der Waals surface area contributed by atoms with E-state index in [4.69, 9.17) is 4.74 Å². The molecular formula is C27H31N3O6S2. The van der Waals surface area contributed by atoms with E-state index in [9.17, 15) is 21.6 Å². The lowest BCUT2D eigenvalue weighted by Gasteiger charge is -2.18. The van der Waals surface area contributed by atoms with Crippen LogP contribution < -0.4 is 14.8 Å². The van der Waals surface area contributed by atoms with Gasteiger partial charge in [0.1, 0.15) is 5.75 Å². The minimum Gasteiger partial charge on any atom is -0.495 e. The summed E-state index contributed by atoms with van der Waals surface area (Å²) in [7, 11) is -6.30. The van der Waals surface area contributed by atoms with Crippen LogP contribution in [-0.4, -0.2) is 47.2 Å². The van der Waals surface area contributed by atoms with Gasteiger partial charge in [-0.05, 0) is 81.1 Å². The molecule has 2 N–H and O–H groups in total. The Labute approximate surface area is 223 Å². The number of sulfonamides is 2. The van der Waals surface area contributed by atoms with Gasteiger partial charge in [0.25, 0.3) is 15.9 Å². The fourth-order valence-corrected chi connectivity index (χ4v) is 7.32. The molecule has 1 aliphatic rings. The van der Waals surface area contributed by atoms with E-state index in [2.05, 4.69) is 10.0 Å². The van der Waals surface area contributed by atoms with Crippen LogP contribution in [0.1, 0.15) is 39.9 Å². The van der Waals surface area contributed by atoms with Gasteiger partial charge in [0.05, 0.1) is 28.3 Å². The van der Waals surface area contributed by atoms with Crippen molar-refractivity contribution in [2.75, 3.05) is 30.2 Å². The van der Waals surface area contributed by atoms with Gasteiger partial charge in [0, 0.05) is 18.7 Å². The first kappa shape index (κ1) is 27.6. The summed E-state index contributed by atoms with van der Waals surface area (Å²) in [6.45, 7) is 6.28. The molecule has 38 heavy (non-hydrogen) atoms. The van der Waals surface area contributed by atoms with E-state index in [1.807, 2.05) is 26.0 Å². The minimum absolute atomic E-state index is 0.0394. The number of aryl methyl sites for hydroxylation is 3. The summed E-state index contributed by atoms with van der Waals surface area (Å²) in [6.07, 6.45) is 1.60. The summed E-state index contributed by atoms with van der Waals surface area (Å²) in [5, 5.41) is 2.68. The van der Waals surface area contributed by atoms with Crippen LogP contribution in [0.2, 0.25) is 0 Å². The second-order valence-electron chi connectivity index (χ2n) is 9.33. The molecule has 202 valence electrons. The Morgan fingerprint density at radius 3 is 2.21 bits per heavy atom. The molecule has 3 aromatic carbocycles. The fourth-order valence-electron chi connectivity index (χ4n) is 4.38. The van der Waals surface area contributed by atoms with Crippen LogP contribution in [0.5, 0.6) is 5.75 Å². The third kappa shape index (κ3) is 5.69. The smallest absolute Gasteiger partial charge is 0.262 e. The molecule has 0 atom stereocenters. The molecule has 1 saturated heterocycles. The topological polar surface area (TPSA) is 122 Å². The highest BCUT2D eigenvalue weighted by Gasteiger charge is 2.28. The lowest BCUT2D eigenvalue weighted by atomic mass is 10.1. The molecule has 0 bridgehead atoms. The zero-order valence-electron chi connectivity index (χ0n) is 21.7. The summed E-state index contributed by atoms with van der Waals surface area (Å²) in [6, 6.07) is 14.0. The number of nitrogens with zero attached hydrogens (tertiary/aromatic N) is 1. The Hall–Kier alpha value is -3.41. The Morgan fingerprint density at radius 1 is 0.842 bits per heavy atom. The van der Waals surface area contributed by atoms with Crippen molar-refractivity contribution in [1.82, 2.24) is 4.31 Å². The molecule has 4 rings (SSSR count). The zero-order valence-corrected chi connectivity index (χ0v) is 23.4. The van der Waals surface area contributed by atoms with Crippen molar-refractivity contribution in [2.24, 2.45) is 0 Å². The number of methoxy groups -OCH3 is 1. The minimum atomic E-state index is -4.00. The van der Waals surface area contributed by atoms with Gasteiger partial charge in [-0.25, -0.2) is 16.8 Å². The third-order valence-electron chi connectivity index (χ3n) is 6.49. The second kappa shape index (κ2) is 10.8. The maximum Gasteiger partial charge on any atom is 0.262 e. The number of hydrogen-bond donors (Lipinski definition) is 2. The number of rotatable bonds is 8. The molecule has 0 saturated carbocycles. The van der Waals surface area contributed by atoms with Crippen LogP contribution in [-0.2, 0) is 20.0 Å². The van der Waals surface area contributed by atoms with E-state index >= 15 is 0 Å². The van der Waals surface area contributed by atoms with Crippen molar-refractivity contribution in [1.29, 1.82) is 0 Å². The molecule has 11 heteroatoms. The van der Waals surface area contributed by atoms with Crippen LogP contribution >= 0.6 is 0 Å². The van der Waals surface area contributed by atoms with Crippen molar-refractivity contribution in [3.8, 4) is 5.75 Å². The number of carbonyl (C=O) groups is 1. The summed E-state index contributed by atoms with van der Waals surface area (Å²) in [4.78, 5) is 13.2. The summed E-state index contributed by atoms with van der Waals surface area (Å²) >= 11 is 0. The Kier molecular flexibility index (Phi) is 7.82. The van der Waals surface area contributed by atoms with Gasteiger partial charge >= 0.3 is 0 Å². The summed E-state index contributed by atoms with van der Waals surface area (Å²) in [5.41, 5.74) is 2.95. The van der Waals surface area contributed by atoms with E-state index < -0.39 is 26.0 Å². The molecule has 1 fully saturated rings. The highest BCUT2D eigenvalue weighted by molar-refractivity contribution is 7.92. The highest BCUT2D eigenvalue weighted by atomic mass is 32.2. The Morgan fingerprint density at radius 2 is 1.55 bits per heavy atom. The van der Waals surface area contributed by atoms with Crippen molar-refractivity contribution in [3.63, 3.8) is 0 Å². The van der Waals surface area contributed by atoms with Gasteiger partial charge < -0.3 is 10.1 Å². The lowest BCUT2D eigenvalue weighted by molar-refractivity contribution is 0.102. The van der Waals surface area contributed by atoms with Crippen molar-refractivity contribution >= 4 is 37.3 Å². The third-order valence-corrected chi connectivity index (χ3v) is 9.89. The molecule has 0 radical (unpaired) electrons. The first-order chi connectivity index (χ1) is 17.9. The number of hydrogen-bond acceptors (Lipinski definition) is 6. The monoisotopic (exact) mass is 557 g/mol. The fraction of sp³-hybridized carbons (Fsp3) is 0.296. The first-order valence-electron chi connectivity index (χ1n) is 12.1. The average Bonchev–Trinajstić information content (AvgIpc) is 3.42. The number of benzene rings is 3. The molecule has 0 aliphatic carbocycles. The van der Waals surface area contributed by atoms with E-state index in [-0.39, 0.29) is 26.8 Å². The van der Waals surface area contributed by atoms with E-state index in [1.54, 1.807) is 19.1 Å². The number of anilines is 2. The van der Waals surface area contributed by atoms with Crippen LogP contribution in [0.15, 0.2) is 64.4 Å². The maximum absolute atomic E-state index is 13.2. The van der Waals surface area contributed by atoms with Crippen LogP contribution in [0.25, 0.3) is 0 Å². The molecule has 0 aromatic heterocycles. The summed E-state index contributed by atoms with van der Waals surface area (Å²) < 4.78 is 61.9. The Bertz CT molecular complexity index is 1590. The van der Waals surface area contributed by atoms with Crippen molar-refractivity contribution < 1.29 is 26.4 Å². The van der Waals surface area contributed by atoms with E-state index in [1.165, 1.54) is 41.7 Å². The van der Waals surface area contributed by atoms with Gasteiger partial charge in [-0.3, -0.25) is 9.52 Å². The average molecular weight is 558 g/mol. The zero-order chi connectivity index (χ0) is 27.7. The maximum atomic E-state index is 13.2. The first-order valence-corrected chi connectivity index (χ1v) is 15.0. The molecule has 9 nitrogen and oxygen atoms in total. The number of carbonyl (C=O) groups excluding carboxylic acids is 1. The highest BCUT2D eigenvalue weighted by Crippen LogP contribution is 2.31. The standard InChI is InChI=1S/C27H31N3O6S2/c1-18-7-11-23(20(3)15-18)29-37(32,33)26-16-21(9-8-19(26)2)27(31)28-24-17-22(10-12-25(24)36-4)38(34,35)30-13-5-6-14-30/h7-12,15-17,29H,5-6,13-14H2,1-4H3,(H,28,31). The van der Waals surface area contributed by atoms with Gasteiger partial charge in [0.15, 0.2) is 0 Å². The van der Waals surface area contributed by atoms with Crippen LogP contribution in [0, 0.1) is 20.8 Å². The van der Waals surface area contributed by atoms with E-state index in [0.29, 0.717) is 24.3 Å². The van der Waals surface area contributed by atoms with Crippen LogP contribution in [0.3, 0.4) is 0 Å². The molecule has 1 heterocycles. The van der Waals surface area contributed by atoms with Crippen LogP contribution in [0.4, 0.5) is 11.4 Å². The predicted molar refractivity (Wildman–Crippen MR) is 147 cm³/mol.